The molecule has 0 spiro atoms. The van der Waals surface area contributed by atoms with Gasteiger partial charge in [-0.15, -0.1) is 0 Å². The maximum atomic E-state index is 12.9. The molecule has 4 aromatic rings. The predicted molar refractivity (Wildman–Crippen MR) is 111 cm³/mol. The van der Waals surface area contributed by atoms with Gasteiger partial charge in [0.1, 0.15) is 5.41 Å². The minimum Gasteiger partial charge on any atom is -0.480 e. The summed E-state index contributed by atoms with van der Waals surface area (Å²) in [6.45, 7) is 2.05. The van der Waals surface area contributed by atoms with Gasteiger partial charge < -0.3 is 5.11 Å². The van der Waals surface area contributed by atoms with Gasteiger partial charge in [0, 0.05) is 0 Å². The van der Waals surface area contributed by atoms with E-state index in [1.165, 1.54) is 0 Å². The largest absolute Gasteiger partial charge is 0.480 e. The van der Waals surface area contributed by atoms with E-state index < -0.39 is 11.4 Å². The third kappa shape index (κ3) is 2.69. The van der Waals surface area contributed by atoms with Crippen molar-refractivity contribution in [2.24, 2.45) is 0 Å². The molecule has 1 N–H and O–H groups in total. The number of hydrogen-bond acceptors (Lipinski definition) is 1. The van der Waals surface area contributed by atoms with Crippen LogP contribution in [0.25, 0.3) is 21.5 Å². The average molecular weight is 354 g/mol. The number of carbonyl (C=O) groups is 1. The zero-order valence-corrected chi connectivity index (χ0v) is 15.4. The van der Waals surface area contributed by atoms with Crippen LogP contribution in [-0.4, -0.2) is 11.1 Å². The number of aliphatic carboxylic acids is 1. The Morgan fingerprint density at radius 1 is 0.741 bits per heavy atom. The van der Waals surface area contributed by atoms with Crippen LogP contribution in [-0.2, 0) is 10.2 Å². The summed E-state index contributed by atoms with van der Waals surface area (Å²) in [4.78, 5) is 12.9. The van der Waals surface area contributed by atoms with Crippen LogP contribution >= 0.6 is 0 Å². The molecule has 0 fully saturated rings. The quantitative estimate of drug-likeness (QED) is 0.466. The monoisotopic (exact) mass is 354 g/mol. The van der Waals surface area contributed by atoms with E-state index in [-0.39, 0.29) is 0 Å². The third-order valence-electron chi connectivity index (χ3n) is 5.49. The maximum Gasteiger partial charge on any atom is 0.318 e. The Balaban J connectivity index is 2.14. The van der Waals surface area contributed by atoms with Crippen molar-refractivity contribution in [3.8, 4) is 0 Å². The molecular weight excluding hydrogens is 332 g/mol. The number of fused-ring (bicyclic) bond motifs is 2. The molecule has 0 aromatic heterocycles. The second-order valence-corrected chi connectivity index (χ2v) is 7.01. The topological polar surface area (TPSA) is 37.3 Å². The second kappa shape index (κ2) is 6.88. The highest BCUT2D eigenvalue weighted by Crippen LogP contribution is 2.43. The van der Waals surface area contributed by atoms with Gasteiger partial charge in [0.25, 0.3) is 0 Å². The first-order chi connectivity index (χ1) is 13.2. The third-order valence-corrected chi connectivity index (χ3v) is 5.49. The number of carboxylic acid groups (broad SMARTS) is 1. The Hall–Kier alpha value is -3.13. The first-order valence-corrected chi connectivity index (χ1v) is 9.38. The standard InChI is InChI=1S/C25H22O2/c1-2-17-25(24(26)27,22-15-7-11-18-9-3-5-13-20(18)22)23-16-8-12-19-10-4-6-14-21(19)23/h3-16H,2,17H2,1H3,(H,26,27). The van der Waals surface area contributed by atoms with Crippen molar-refractivity contribution in [2.75, 3.05) is 0 Å². The predicted octanol–water partition coefficient (Wildman–Crippen LogP) is 6.16. The molecule has 2 nitrogen and oxygen atoms in total. The zero-order valence-electron chi connectivity index (χ0n) is 15.4. The summed E-state index contributed by atoms with van der Waals surface area (Å²) in [6.07, 6.45) is 1.32. The molecule has 0 amide bonds. The first kappa shape index (κ1) is 17.3. The van der Waals surface area contributed by atoms with Gasteiger partial charge in [0.05, 0.1) is 0 Å². The van der Waals surface area contributed by atoms with Crippen molar-refractivity contribution in [3.05, 3.63) is 96.1 Å². The molecule has 0 saturated carbocycles. The van der Waals surface area contributed by atoms with Crippen LogP contribution in [0.15, 0.2) is 84.9 Å². The number of rotatable bonds is 5. The maximum absolute atomic E-state index is 12.9. The lowest BCUT2D eigenvalue weighted by Crippen LogP contribution is -2.37. The first-order valence-electron chi connectivity index (χ1n) is 9.38. The lowest BCUT2D eigenvalue weighted by molar-refractivity contribution is -0.142. The Bertz CT molecular complexity index is 1040. The van der Waals surface area contributed by atoms with E-state index in [1.807, 2.05) is 91.9 Å². The van der Waals surface area contributed by atoms with Crippen LogP contribution in [0.1, 0.15) is 30.9 Å². The molecule has 0 bridgehead atoms. The molecule has 0 heterocycles. The molecular formula is C25H22O2. The number of benzene rings is 4. The fourth-order valence-corrected chi connectivity index (χ4v) is 4.32. The normalized spacial score (nSPS) is 11.7. The van der Waals surface area contributed by atoms with Crippen LogP contribution < -0.4 is 0 Å². The molecule has 0 aliphatic rings. The van der Waals surface area contributed by atoms with E-state index in [0.717, 1.165) is 39.1 Å². The lowest BCUT2D eigenvalue weighted by Gasteiger charge is -2.32. The molecule has 2 heteroatoms. The summed E-state index contributed by atoms with van der Waals surface area (Å²) in [6, 6.07) is 28.1. The van der Waals surface area contributed by atoms with Crippen LogP contribution in [0.3, 0.4) is 0 Å². The van der Waals surface area contributed by atoms with Crippen molar-refractivity contribution in [3.63, 3.8) is 0 Å². The van der Waals surface area contributed by atoms with Crippen LogP contribution in [0, 0.1) is 0 Å². The van der Waals surface area contributed by atoms with Crippen LogP contribution in [0.4, 0.5) is 0 Å². The van der Waals surface area contributed by atoms with Crippen molar-refractivity contribution in [1.82, 2.24) is 0 Å². The van der Waals surface area contributed by atoms with Gasteiger partial charge in [-0.3, -0.25) is 4.79 Å². The highest BCUT2D eigenvalue weighted by Gasteiger charge is 2.43. The van der Waals surface area contributed by atoms with Crippen LogP contribution in [0.2, 0.25) is 0 Å². The summed E-state index contributed by atoms with van der Waals surface area (Å²) < 4.78 is 0. The van der Waals surface area contributed by atoms with Crippen molar-refractivity contribution in [1.29, 1.82) is 0 Å². The van der Waals surface area contributed by atoms with Gasteiger partial charge in [0.2, 0.25) is 0 Å². The van der Waals surface area contributed by atoms with Crippen molar-refractivity contribution < 1.29 is 9.90 Å². The molecule has 134 valence electrons. The molecule has 0 aliphatic heterocycles. The van der Waals surface area contributed by atoms with E-state index >= 15 is 0 Å². The highest BCUT2D eigenvalue weighted by atomic mass is 16.4. The van der Waals surface area contributed by atoms with Gasteiger partial charge in [-0.05, 0) is 39.1 Å². The molecule has 4 aromatic carbocycles. The Morgan fingerprint density at radius 2 is 1.19 bits per heavy atom. The van der Waals surface area contributed by atoms with Gasteiger partial charge in [-0.25, -0.2) is 0 Å². The molecule has 0 radical (unpaired) electrons. The molecule has 0 aliphatic carbocycles. The summed E-state index contributed by atoms with van der Waals surface area (Å²) in [5.74, 6) is -0.794. The van der Waals surface area contributed by atoms with Gasteiger partial charge in [0.15, 0.2) is 0 Å². The molecule has 27 heavy (non-hydrogen) atoms. The van der Waals surface area contributed by atoms with E-state index in [9.17, 15) is 9.90 Å². The molecule has 4 rings (SSSR count). The fourth-order valence-electron chi connectivity index (χ4n) is 4.32. The lowest BCUT2D eigenvalue weighted by atomic mass is 9.68. The van der Waals surface area contributed by atoms with E-state index in [4.69, 9.17) is 0 Å². The van der Waals surface area contributed by atoms with E-state index in [2.05, 4.69) is 0 Å². The van der Waals surface area contributed by atoms with Gasteiger partial charge >= 0.3 is 5.97 Å². The number of hydrogen-bond donors (Lipinski definition) is 1. The van der Waals surface area contributed by atoms with Crippen molar-refractivity contribution in [2.45, 2.75) is 25.2 Å². The molecule has 0 saturated heterocycles. The fraction of sp³-hybridized carbons (Fsp3) is 0.160. The van der Waals surface area contributed by atoms with Gasteiger partial charge in [-0.2, -0.15) is 0 Å². The minimum absolute atomic E-state index is 0.546. The number of carboxylic acids is 1. The average Bonchev–Trinajstić information content (AvgIpc) is 2.71. The molecule has 0 unspecified atom stereocenters. The van der Waals surface area contributed by atoms with E-state index in [0.29, 0.717) is 6.42 Å². The second-order valence-electron chi connectivity index (χ2n) is 7.01. The summed E-state index contributed by atoms with van der Waals surface area (Å²) in [5.41, 5.74) is 0.647. The Kier molecular flexibility index (Phi) is 4.41. The summed E-state index contributed by atoms with van der Waals surface area (Å²) in [5, 5.41) is 14.7. The SMILES string of the molecule is CCCC(C(=O)O)(c1cccc2ccccc12)c1cccc2ccccc12. The zero-order chi connectivity index (χ0) is 18.9. The van der Waals surface area contributed by atoms with Gasteiger partial charge in [-0.1, -0.05) is 98.3 Å². The molecule has 0 atom stereocenters. The smallest absolute Gasteiger partial charge is 0.318 e. The summed E-state index contributed by atoms with van der Waals surface area (Å²) >= 11 is 0. The van der Waals surface area contributed by atoms with E-state index in [1.54, 1.807) is 0 Å². The Morgan fingerprint density at radius 3 is 1.63 bits per heavy atom. The van der Waals surface area contributed by atoms with Crippen LogP contribution in [0.5, 0.6) is 0 Å². The van der Waals surface area contributed by atoms with Crippen molar-refractivity contribution >= 4 is 27.5 Å². The Labute approximate surface area is 159 Å². The highest BCUT2D eigenvalue weighted by molar-refractivity contribution is 6.00. The minimum atomic E-state index is -1.09. The summed E-state index contributed by atoms with van der Waals surface area (Å²) in [7, 11) is 0.